The summed E-state index contributed by atoms with van der Waals surface area (Å²) in [5.74, 6) is 1.66. The molecule has 2 nitrogen and oxygen atoms in total. The summed E-state index contributed by atoms with van der Waals surface area (Å²) >= 11 is 5.94. The van der Waals surface area contributed by atoms with Crippen LogP contribution >= 0.6 is 11.6 Å². The summed E-state index contributed by atoms with van der Waals surface area (Å²) in [6.07, 6.45) is 2.07. The molecule has 2 aromatic carbocycles. The Hall–Kier alpha value is -1.77. The highest BCUT2D eigenvalue weighted by atomic mass is 35.5. The molecule has 0 aliphatic heterocycles. The third-order valence-corrected chi connectivity index (χ3v) is 2.99. The van der Waals surface area contributed by atoms with Crippen LogP contribution < -0.4 is 4.74 Å². The molecular weight excluding hydrogens is 270 g/mol. The number of hydrogen-bond acceptors (Lipinski definition) is 2. The van der Waals surface area contributed by atoms with Crippen molar-refractivity contribution in [2.24, 2.45) is 0 Å². The summed E-state index contributed by atoms with van der Waals surface area (Å²) in [5, 5.41) is 0.723. The standard InChI is InChI=1S/C17H18ClNO/c1-19(2)13-12-17(14-8-10-15(18)11-9-14)20-16-6-4-3-5-7-16/h3-12H,13H2,1-2H3. The Morgan fingerprint density at radius 2 is 1.70 bits per heavy atom. The van der Waals surface area contributed by atoms with E-state index in [9.17, 15) is 0 Å². The zero-order valence-corrected chi connectivity index (χ0v) is 12.5. The molecule has 0 unspecified atom stereocenters. The van der Waals surface area contributed by atoms with Gasteiger partial charge in [0.1, 0.15) is 11.5 Å². The molecule has 2 aromatic rings. The summed E-state index contributed by atoms with van der Waals surface area (Å²) in [6.45, 7) is 0.810. The fourth-order valence-electron chi connectivity index (χ4n) is 1.71. The van der Waals surface area contributed by atoms with Gasteiger partial charge in [-0.2, -0.15) is 0 Å². The maximum absolute atomic E-state index is 5.98. The van der Waals surface area contributed by atoms with Gasteiger partial charge in [0.2, 0.25) is 0 Å². The second-order valence-electron chi connectivity index (χ2n) is 4.75. The van der Waals surface area contributed by atoms with E-state index >= 15 is 0 Å². The number of nitrogens with zero attached hydrogens (tertiary/aromatic N) is 1. The lowest BCUT2D eigenvalue weighted by atomic mass is 10.2. The maximum Gasteiger partial charge on any atom is 0.131 e. The fraction of sp³-hybridized carbons (Fsp3) is 0.176. The summed E-state index contributed by atoms with van der Waals surface area (Å²) in [4.78, 5) is 2.09. The lowest BCUT2D eigenvalue weighted by molar-refractivity contribution is 0.448. The number of ether oxygens (including phenoxy) is 1. The molecule has 0 spiro atoms. The number of likely N-dealkylation sites (N-methyl/N-ethyl adjacent to an activating group) is 1. The molecule has 3 heteroatoms. The third kappa shape index (κ3) is 4.41. The Labute approximate surface area is 125 Å². The third-order valence-electron chi connectivity index (χ3n) is 2.74. The Morgan fingerprint density at radius 3 is 2.30 bits per heavy atom. The van der Waals surface area contributed by atoms with Crippen molar-refractivity contribution in [3.63, 3.8) is 0 Å². The van der Waals surface area contributed by atoms with Crippen LogP contribution in [0.15, 0.2) is 60.7 Å². The maximum atomic E-state index is 5.98. The molecule has 0 heterocycles. The van der Waals surface area contributed by atoms with E-state index in [1.807, 2.05) is 68.7 Å². The SMILES string of the molecule is CN(C)CC=C(Oc1ccccc1)c1ccc(Cl)cc1. The second kappa shape index (κ2) is 7.13. The summed E-state index contributed by atoms with van der Waals surface area (Å²) in [6, 6.07) is 17.4. The minimum absolute atomic E-state index is 0.723. The van der Waals surface area contributed by atoms with Gasteiger partial charge in [0.05, 0.1) is 0 Å². The van der Waals surface area contributed by atoms with Crippen molar-refractivity contribution in [1.82, 2.24) is 4.90 Å². The van der Waals surface area contributed by atoms with E-state index in [-0.39, 0.29) is 0 Å². The molecule has 0 aromatic heterocycles. The highest BCUT2D eigenvalue weighted by Gasteiger charge is 2.05. The van der Waals surface area contributed by atoms with Gasteiger partial charge >= 0.3 is 0 Å². The average molecular weight is 288 g/mol. The summed E-state index contributed by atoms with van der Waals surface area (Å²) < 4.78 is 5.98. The second-order valence-corrected chi connectivity index (χ2v) is 5.19. The number of benzene rings is 2. The first-order valence-electron chi connectivity index (χ1n) is 6.49. The molecule has 0 amide bonds. The molecule has 104 valence electrons. The fourth-order valence-corrected chi connectivity index (χ4v) is 1.84. The number of hydrogen-bond donors (Lipinski definition) is 0. The van der Waals surface area contributed by atoms with Crippen molar-refractivity contribution in [2.45, 2.75) is 0 Å². The first kappa shape index (κ1) is 14.6. The Bertz CT molecular complexity index is 561. The Kier molecular flexibility index (Phi) is 5.22. The van der Waals surface area contributed by atoms with E-state index < -0.39 is 0 Å². The van der Waals surface area contributed by atoms with Crippen molar-refractivity contribution in [3.8, 4) is 5.75 Å². The zero-order chi connectivity index (χ0) is 14.4. The first-order valence-corrected chi connectivity index (χ1v) is 6.86. The molecule has 0 radical (unpaired) electrons. The van der Waals surface area contributed by atoms with Gasteiger partial charge < -0.3 is 9.64 Å². The van der Waals surface area contributed by atoms with Crippen molar-refractivity contribution < 1.29 is 4.74 Å². The van der Waals surface area contributed by atoms with Gasteiger partial charge in [-0.3, -0.25) is 0 Å². The molecule has 0 aliphatic carbocycles. The van der Waals surface area contributed by atoms with E-state index in [0.717, 1.165) is 28.6 Å². The van der Waals surface area contributed by atoms with E-state index in [1.54, 1.807) is 0 Å². The van der Waals surface area contributed by atoms with Crippen LogP contribution in [0.4, 0.5) is 0 Å². The minimum Gasteiger partial charge on any atom is -0.457 e. The van der Waals surface area contributed by atoms with Gasteiger partial charge in [-0.15, -0.1) is 0 Å². The molecule has 0 N–H and O–H groups in total. The van der Waals surface area contributed by atoms with Crippen LogP contribution in [0.25, 0.3) is 5.76 Å². The van der Waals surface area contributed by atoms with Crippen LogP contribution in [0.5, 0.6) is 5.75 Å². The lowest BCUT2D eigenvalue weighted by Crippen LogP contribution is -2.12. The summed E-state index contributed by atoms with van der Waals surface area (Å²) in [7, 11) is 4.05. The van der Waals surface area contributed by atoms with Crippen molar-refractivity contribution in [3.05, 3.63) is 71.3 Å². The molecule has 0 fully saturated rings. The van der Waals surface area contributed by atoms with Crippen molar-refractivity contribution in [1.29, 1.82) is 0 Å². The van der Waals surface area contributed by atoms with E-state index in [0.29, 0.717) is 0 Å². The highest BCUT2D eigenvalue weighted by molar-refractivity contribution is 6.30. The molecule has 0 saturated carbocycles. The summed E-state index contributed by atoms with van der Waals surface area (Å²) in [5.41, 5.74) is 1.01. The number of halogens is 1. The molecule has 20 heavy (non-hydrogen) atoms. The van der Waals surface area contributed by atoms with E-state index in [2.05, 4.69) is 11.0 Å². The van der Waals surface area contributed by atoms with Crippen molar-refractivity contribution in [2.75, 3.05) is 20.6 Å². The Morgan fingerprint density at radius 1 is 1.05 bits per heavy atom. The molecule has 0 aliphatic rings. The van der Waals surface area contributed by atoms with Gasteiger partial charge in [-0.25, -0.2) is 0 Å². The van der Waals surface area contributed by atoms with Gasteiger partial charge in [-0.05, 0) is 56.6 Å². The van der Waals surface area contributed by atoms with Crippen LogP contribution in [-0.2, 0) is 0 Å². The van der Waals surface area contributed by atoms with E-state index in [1.165, 1.54) is 0 Å². The predicted octanol–water partition coefficient (Wildman–Crippen LogP) is 4.32. The number of rotatable bonds is 5. The van der Waals surface area contributed by atoms with Crippen LogP contribution in [0.3, 0.4) is 0 Å². The van der Waals surface area contributed by atoms with Gasteiger partial charge in [0, 0.05) is 17.1 Å². The monoisotopic (exact) mass is 287 g/mol. The predicted molar refractivity (Wildman–Crippen MR) is 85.1 cm³/mol. The van der Waals surface area contributed by atoms with Crippen LogP contribution in [0, 0.1) is 0 Å². The van der Waals surface area contributed by atoms with Gasteiger partial charge in [0.15, 0.2) is 0 Å². The smallest absolute Gasteiger partial charge is 0.131 e. The van der Waals surface area contributed by atoms with Crippen LogP contribution in [0.1, 0.15) is 5.56 Å². The molecular formula is C17H18ClNO. The van der Waals surface area contributed by atoms with Crippen LogP contribution in [-0.4, -0.2) is 25.5 Å². The van der Waals surface area contributed by atoms with Gasteiger partial charge in [-0.1, -0.05) is 29.8 Å². The zero-order valence-electron chi connectivity index (χ0n) is 11.7. The Balaban J connectivity index is 2.25. The average Bonchev–Trinajstić information content (AvgIpc) is 2.45. The number of para-hydroxylation sites is 1. The normalized spacial score (nSPS) is 11.7. The molecule has 2 rings (SSSR count). The van der Waals surface area contributed by atoms with Gasteiger partial charge in [0.25, 0.3) is 0 Å². The molecule has 0 saturated heterocycles. The van der Waals surface area contributed by atoms with Crippen LogP contribution in [0.2, 0.25) is 5.02 Å². The highest BCUT2D eigenvalue weighted by Crippen LogP contribution is 2.22. The lowest BCUT2D eigenvalue weighted by Gasteiger charge is -2.12. The molecule has 0 bridgehead atoms. The quantitative estimate of drug-likeness (QED) is 0.759. The van der Waals surface area contributed by atoms with Crippen molar-refractivity contribution >= 4 is 17.4 Å². The van der Waals surface area contributed by atoms with E-state index in [4.69, 9.17) is 16.3 Å². The molecule has 0 atom stereocenters. The largest absolute Gasteiger partial charge is 0.457 e. The first-order chi connectivity index (χ1) is 9.65. The topological polar surface area (TPSA) is 12.5 Å². The minimum atomic E-state index is 0.723.